The number of carbonyl (C=O) groups excluding carboxylic acids is 4. The molecule has 4 amide bonds. The topological polar surface area (TPSA) is 174 Å². The van der Waals surface area contributed by atoms with Gasteiger partial charge in [0.2, 0.25) is 17.7 Å². The Morgan fingerprint density at radius 3 is 2.31 bits per heavy atom. The highest BCUT2D eigenvalue weighted by Crippen LogP contribution is 2.17. The highest BCUT2D eigenvalue weighted by molar-refractivity contribution is 5.92. The molecule has 6 N–H and O–H groups in total. The van der Waals surface area contributed by atoms with Gasteiger partial charge in [0.1, 0.15) is 24.1 Å². The van der Waals surface area contributed by atoms with E-state index in [1.807, 2.05) is 13.8 Å². The summed E-state index contributed by atoms with van der Waals surface area (Å²) >= 11 is 0. The molecular formula is C24H34N4O7. The molecule has 0 spiro atoms. The van der Waals surface area contributed by atoms with Crippen molar-refractivity contribution in [1.82, 2.24) is 21.3 Å². The van der Waals surface area contributed by atoms with Crippen LogP contribution in [0.15, 0.2) is 24.3 Å². The van der Waals surface area contributed by atoms with Crippen LogP contribution in [-0.4, -0.2) is 65.0 Å². The van der Waals surface area contributed by atoms with Crippen molar-refractivity contribution in [2.45, 2.75) is 64.1 Å². The predicted molar refractivity (Wildman–Crippen MR) is 126 cm³/mol. The van der Waals surface area contributed by atoms with E-state index in [2.05, 4.69) is 21.3 Å². The molecule has 1 fully saturated rings. The number of carboxylic acid groups (broad SMARTS) is 1. The lowest BCUT2D eigenvalue weighted by Crippen LogP contribution is -2.56. The first-order valence-electron chi connectivity index (χ1n) is 11.7. The van der Waals surface area contributed by atoms with Crippen LogP contribution in [0, 0.1) is 11.8 Å². The summed E-state index contributed by atoms with van der Waals surface area (Å²) < 4.78 is 0. The standard InChI is InChI=1S/C24H34N4O7/c1-14(2)10-19(22(32)26-17(13-29)12-16-4-3-9-25-21(16)31)27-23(33)20(28-24(34)35)11-15-5-7-18(30)8-6-15/h5-8,13-14,16-17,19-20,28,30H,3-4,9-12H2,1-2H3,(H,25,31)(H,26,32)(H,27,33)(H,34,35)/t16-,17?,19?,20?/m0/s1. The van der Waals surface area contributed by atoms with Crippen molar-refractivity contribution in [3.63, 3.8) is 0 Å². The molecule has 3 unspecified atom stereocenters. The van der Waals surface area contributed by atoms with Gasteiger partial charge in [0.05, 0.1) is 6.04 Å². The number of rotatable bonds is 12. The summed E-state index contributed by atoms with van der Waals surface area (Å²) in [5.74, 6) is -1.78. The summed E-state index contributed by atoms with van der Waals surface area (Å²) in [4.78, 5) is 60.9. The lowest BCUT2D eigenvalue weighted by Gasteiger charge is -2.27. The van der Waals surface area contributed by atoms with Crippen LogP contribution in [0.1, 0.15) is 45.1 Å². The molecule has 192 valence electrons. The number of aldehydes is 1. The molecule has 2 rings (SSSR count). The van der Waals surface area contributed by atoms with Crippen LogP contribution in [0.2, 0.25) is 0 Å². The van der Waals surface area contributed by atoms with Crippen molar-refractivity contribution in [2.75, 3.05) is 6.54 Å². The Labute approximate surface area is 204 Å². The number of aromatic hydroxyl groups is 1. The second-order valence-corrected chi connectivity index (χ2v) is 9.18. The van der Waals surface area contributed by atoms with E-state index in [0.29, 0.717) is 24.8 Å². The molecule has 11 nitrogen and oxygen atoms in total. The molecule has 1 aliphatic rings. The van der Waals surface area contributed by atoms with E-state index in [1.165, 1.54) is 12.1 Å². The summed E-state index contributed by atoms with van der Waals surface area (Å²) in [6.07, 6.45) is 1.01. The molecule has 1 aromatic rings. The number of piperidine rings is 1. The van der Waals surface area contributed by atoms with Crippen molar-refractivity contribution in [3.05, 3.63) is 29.8 Å². The average Bonchev–Trinajstić information content (AvgIpc) is 2.79. The fraction of sp³-hybridized carbons (Fsp3) is 0.542. The van der Waals surface area contributed by atoms with Crippen LogP contribution >= 0.6 is 0 Å². The molecule has 0 aromatic heterocycles. The second kappa shape index (κ2) is 13.3. The minimum atomic E-state index is -1.40. The highest BCUT2D eigenvalue weighted by atomic mass is 16.4. The van der Waals surface area contributed by atoms with Gasteiger partial charge in [-0.25, -0.2) is 4.79 Å². The number of hydrogen-bond acceptors (Lipinski definition) is 6. The Balaban J connectivity index is 2.09. The van der Waals surface area contributed by atoms with Crippen molar-refractivity contribution in [1.29, 1.82) is 0 Å². The molecule has 4 atom stereocenters. The Morgan fingerprint density at radius 2 is 1.74 bits per heavy atom. The second-order valence-electron chi connectivity index (χ2n) is 9.18. The van der Waals surface area contributed by atoms with E-state index in [1.54, 1.807) is 12.1 Å². The maximum atomic E-state index is 13.0. The average molecular weight is 491 g/mol. The number of carbonyl (C=O) groups is 5. The Kier molecular flexibility index (Phi) is 10.5. The quantitative estimate of drug-likeness (QED) is 0.234. The highest BCUT2D eigenvalue weighted by Gasteiger charge is 2.31. The minimum absolute atomic E-state index is 0.00217. The molecule has 1 heterocycles. The van der Waals surface area contributed by atoms with E-state index in [-0.39, 0.29) is 42.8 Å². The van der Waals surface area contributed by atoms with Gasteiger partial charge < -0.3 is 36.3 Å². The monoisotopic (exact) mass is 490 g/mol. The van der Waals surface area contributed by atoms with E-state index < -0.39 is 36.0 Å². The molecule has 1 aliphatic heterocycles. The Hall–Kier alpha value is -3.63. The predicted octanol–water partition coefficient (Wildman–Crippen LogP) is 0.702. The number of amides is 4. The molecule has 35 heavy (non-hydrogen) atoms. The van der Waals surface area contributed by atoms with Crippen LogP contribution < -0.4 is 21.3 Å². The third-order valence-corrected chi connectivity index (χ3v) is 5.76. The van der Waals surface area contributed by atoms with Gasteiger partial charge in [0.15, 0.2) is 0 Å². The molecule has 0 aliphatic carbocycles. The lowest BCUT2D eigenvalue weighted by atomic mass is 9.91. The van der Waals surface area contributed by atoms with Crippen LogP contribution in [-0.2, 0) is 25.6 Å². The number of benzene rings is 1. The molecular weight excluding hydrogens is 456 g/mol. The minimum Gasteiger partial charge on any atom is -0.508 e. The first-order valence-corrected chi connectivity index (χ1v) is 11.7. The third-order valence-electron chi connectivity index (χ3n) is 5.76. The van der Waals surface area contributed by atoms with Crippen molar-refractivity contribution in [2.24, 2.45) is 11.8 Å². The van der Waals surface area contributed by atoms with Gasteiger partial charge in [-0.1, -0.05) is 26.0 Å². The first kappa shape index (κ1) is 27.6. The van der Waals surface area contributed by atoms with Crippen LogP contribution in [0.25, 0.3) is 0 Å². The van der Waals surface area contributed by atoms with Crippen LogP contribution in [0.4, 0.5) is 4.79 Å². The summed E-state index contributed by atoms with van der Waals surface area (Å²) in [6.45, 7) is 4.31. The van der Waals surface area contributed by atoms with Crippen molar-refractivity contribution >= 4 is 30.1 Å². The summed E-state index contributed by atoms with van der Waals surface area (Å²) in [7, 11) is 0. The van der Waals surface area contributed by atoms with Gasteiger partial charge >= 0.3 is 6.09 Å². The fourth-order valence-corrected chi connectivity index (χ4v) is 4.00. The van der Waals surface area contributed by atoms with Crippen molar-refractivity contribution < 1.29 is 34.2 Å². The molecule has 1 saturated heterocycles. The molecule has 0 saturated carbocycles. The SMILES string of the molecule is CC(C)CC(NC(=O)C(Cc1ccc(O)cc1)NC(=O)O)C(=O)NC(C=O)C[C@@H]1CCCNC1=O. The normalized spacial score (nSPS) is 18.0. The zero-order valence-electron chi connectivity index (χ0n) is 20.0. The van der Waals surface area contributed by atoms with Crippen LogP contribution in [0.3, 0.4) is 0 Å². The van der Waals surface area contributed by atoms with Gasteiger partial charge in [-0.05, 0) is 49.3 Å². The largest absolute Gasteiger partial charge is 0.508 e. The van der Waals surface area contributed by atoms with E-state index >= 15 is 0 Å². The van der Waals surface area contributed by atoms with E-state index in [4.69, 9.17) is 0 Å². The number of hydrogen-bond donors (Lipinski definition) is 6. The molecule has 0 bridgehead atoms. The Bertz CT molecular complexity index is 904. The van der Waals surface area contributed by atoms with Crippen LogP contribution in [0.5, 0.6) is 5.75 Å². The zero-order valence-corrected chi connectivity index (χ0v) is 20.0. The summed E-state index contributed by atoms with van der Waals surface area (Å²) in [5.41, 5.74) is 0.605. The molecule has 0 radical (unpaired) electrons. The van der Waals surface area contributed by atoms with E-state index in [0.717, 1.165) is 6.42 Å². The fourth-order valence-electron chi connectivity index (χ4n) is 4.00. The number of phenolic OH excluding ortho intramolecular Hbond substituents is 1. The number of phenols is 1. The van der Waals surface area contributed by atoms with Crippen molar-refractivity contribution in [3.8, 4) is 5.75 Å². The van der Waals surface area contributed by atoms with E-state index in [9.17, 15) is 34.2 Å². The van der Waals surface area contributed by atoms with Gasteiger partial charge in [-0.15, -0.1) is 0 Å². The maximum Gasteiger partial charge on any atom is 0.405 e. The summed E-state index contributed by atoms with van der Waals surface area (Å²) in [5, 5.41) is 28.8. The first-order chi connectivity index (χ1) is 16.6. The van der Waals surface area contributed by atoms with Gasteiger partial charge in [-0.3, -0.25) is 14.4 Å². The number of nitrogens with one attached hydrogen (secondary N) is 4. The van der Waals surface area contributed by atoms with Gasteiger partial charge in [0, 0.05) is 18.9 Å². The third kappa shape index (κ3) is 9.26. The zero-order chi connectivity index (χ0) is 26.0. The molecule has 1 aromatic carbocycles. The summed E-state index contributed by atoms with van der Waals surface area (Å²) in [6, 6.07) is 2.88. The Morgan fingerprint density at radius 1 is 1.09 bits per heavy atom. The van der Waals surface area contributed by atoms with Gasteiger partial charge in [-0.2, -0.15) is 0 Å². The molecule has 11 heteroatoms. The van der Waals surface area contributed by atoms with Gasteiger partial charge in [0.25, 0.3) is 0 Å². The lowest BCUT2D eigenvalue weighted by molar-refractivity contribution is -0.132. The maximum absolute atomic E-state index is 13.0. The smallest absolute Gasteiger partial charge is 0.405 e.